The molecular formula is C31H33N5O4. The van der Waals surface area contributed by atoms with Crippen LogP contribution < -0.4 is 9.64 Å². The summed E-state index contributed by atoms with van der Waals surface area (Å²) in [5.74, 6) is -0.0486. The summed E-state index contributed by atoms with van der Waals surface area (Å²) in [4.78, 5) is 38.5. The third-order valence-corrected chi connectivity index (χ3v) is 7.10. The number of piperazine rings is 1. The predicted molar refractivity (Wildman–Crippen MR) is 157 cm³/mol. The molecule has 206 valence electrons. The fourth-order valence-electron chi connectivity index (χ4n) is 4.81. The molecule has 0 bridgehead atoms. The number of fused-ring (bicyclic) bond motifs is 1. The van der Waals surface area contributed by atoms with Crippen molar-refractivity contribution in [3.63, 3.8) is 0 Å². The second-order valence-corrected chi connectivity index (χ2v) is 10.0. The number of benzene rings is 3. The number of carbonyl (C=O) groups excluding carboxylic acids is 2. The van der Waals surface area contributed by atoms with E-state index in [0.717, 1.165) is 37.4 Å². The van der Waals surface area contributed by atoms with Crippen molar-refractivity contribution in [1.29, 1.82) is 0 Å². The highest BCUT2D eigenvalue weighted by Crippen LogP contribution is 2.34. The lowest BCUT2D eigenvalue weighted by Gasteiger charge is -2.32. The molecule has 1 fully saturated rings. The molecule has 3 aromatic carbocycles. The lowest BCUT2D eigenvalue weighted by molar-refractivity contribution is -0.131. The first kappa shape index (κ1) is 27.1. The largest absolute Gasteiger partial charge is 0.494 e. The topological polar surface area (TPSA) is 101 Å². The van der Waals surface area contributed by atoms with Gasteiger partial charge in [-0.05, 0) is 49.5 Å². The number of likely N-dealkylation sites (N-methyl/N-ethyl adjacent to an activating group) is 2. The van der Waals surface area contributed by atoms with Gasteiger partial charge in [0.15, 0.2) is 5.88 Å². The van der Waals surface area contributed by atoms with E-state index in [1.165, 1.54) is 6.92 Å². The molecule has 0 atom stereocenters. The number of esters is 1. The molecule has 0 saturated carbocycles. The molecule has 1 amide bonds. The molecule has 0 radical (unpaired) electrons. The second-order valence-electron chi connectivity index (χ2n) is 10.0. The molecule has 1 saturated heterocycles. The van der Waals surface area contributed by atoms with E-state index in [-0.39, 0.29) is 11.8 Å². The lowest BCUT2D eigenvalue weighted by atomic mass is 10.0. The number of anilines is 1. The Morgan fingerprint density at radius 3 is 2.38 bits per heavy atom. The van der Waals surface area contributed by atoms with Gasteiger partial charge in [-0.2, -0.15) is 0 Å². The van der Waals surface area contributed by atoms with Crippen LogP contribution in [0.4, 0.5) is 11.4 Å². The van der Waals surface area contributed by atoms with Gasteiger partial charge in [-0.1, -0.05) is 30.3 Å². The molecule has 4 aromatic rings. The van der Waals surface area contributed by atoms with Crippen LogP contribution in [0.15, 0.2) is 77.8 Å². The molecule has 5 rings (SSSR count). The van der Waals surface area contributed by atoms with Crippen LogP contribution in [0.3, 0.4) is 0 Å². The fourth-order valence-corrected chi connectivity index (χ4v) is 4.81. The summed E-state index contributed by atoms with van der Waals surface area (Å²) in [6.45, 7) is 5.42. The first-order valence-electron chi connectivity index (χ1n) is 13.2. The van der Waals surface area contributed by atoms with Crippen molar-refractivity contribution in [3.8, 4) is 11.6 Å². The Morgan fingerprint density at radius 2 is 1.70 bits per heavy atom. The molecule has 9 nitrogen and oxygen atoms in total. The van der Waals surface area contributed by atoms with Gasteiger partial charge in [-0.15, -0.1) is 0 Å². The van der Waals surface area contributed by atoms with E-state index >= 15 is 0 Å². The van der Waals surface area contributed by atoms with Gasteiger partial charge in [0.25, 0.3) is 0 Å². The third-order valence-electron chi connectivity index (χ3n) is 7.10. The normalized spacial score (nSPS) is 14.8. The number of aromatic amines is 1. The van der Waals surface area contributed by atoms with Gasteiger partial charge in [-0.3, -0.25) is 14.5 Å². The molecule has 0 aliphatic carbocycles. The summed E-state index contributed by atoms with van der Waals surface area (Å²) >= 11 is 0. The van der Waals surface area contributed by atoms with Crippen molar-refractivity contribution in [2.24, 2.45) is 4.99 Å². The molecule has 9 heteroatoms. The zero-order valence-corrected chi connectivity index (χ0v) is 22.9. The number of nitrogens with zero attached hydrogens (tertiary/aromatic N) is 4. The maximum absolute atomic E-state index is 12.9. The van der Waals surface area contributed by atoms with Crippen molar-refractivity contribution in [3.05, 3.63) is 83.9 Å². The molecule has 0 spiro atoms. The van der Waals surface area contributed by atoms with Crippen LogP contribution in [0.1, 0.15) is 18.1 Å². The minimum Gasteiger partial charge on any atom is -0.494 e. The average Bonchev–Trinajstić information content (AvgIpc) is 3.27. The number of rotatable bonds is 7. The van der Waals surface area contributed by atoms with Gasteiger partial charge in [-0.25, -0.2) is 4.99 Å². The maximum atomic E-state index is 12.9. The smallest absolute Gasteiger partial charge is 0.308 e. The number of hydrogen-bond acceptors (Lipinski definition) is 7. The van der Waals surface area contributed by atoms with Crippen molar-refractivity contribution in [2.45, 2.75) is 6.92 Å². The molecule has 1 aromatic heterocycles. The first-order chi connectivity index (χ1) is 19.3. The van der Waals surface area contributed by atoms with Gasteiger partial charge in [0.05, 0.1) is 23.5 Å². The van der Waals surface area contributed by atoms with E-state index in [2.05, 4.69) is 21.8 Å². The third kappa shape index (κ3) is 6.06. The molecule has 2 heterocycles. The Hall–Kier alpha value is -4.47. The summed E-state index contributed by atoms with van der Waals surface area (Å²) < 4.78 is 5.29. The number of aliphatic imine (C=N–C) groups is 1. The zero-order chi connectivity index (χ0) is 28.2. The molecular weight excluding hydrogens is 506 g/mol. The average molecular weight is 540 g/mol. The van der Waals surface area contributed by atoms with E-state index in [0.29, 0.717) is 40.2 Å². The van der Waals surface area contributed by atoms with Gasteiger partial charge in [0.2, 0.25) is 5.91 Å². The lowest BCUT2D eigenvalue weighted by Crippen LogP contribution is -2.48. The zero-order valence-electron chi connectivity index (χ0n) is 22.9. The number of aromatic nitrogens is 1. The van der Waals surface area contributed by atoms with Gasteiger partial charge in [0, 0.05) is 62.3 Å². The standard InChI is InChI=1S/C31H33N5O4/c1-21(37)40-25-13-14-27-26(19-25)29(31(39)33-27)30(22-7-5-4-6-8-22)32-23-9-11-24(12-10-23)35(3)28(38)20-36-17-15-34(2)16-18-36/h4-14,19,33,39H,15-18,20H2,1-3H3. The Balaban J connectivity index is 1.45. The minimum absolute atomic E-state index is 0.0385. The predicted octanol–water partition coefficient (Wildman–Crippen LogP) is 4.18. The Morgan fingerprint density at radius 1 is 1.00 bits per heavy atom. The summed E-state index contributed by atoms with van der Waals surface area (Å²) in [5.41, 5.74) is 3.98. The first-order valence-corrected chi connectivity index (χ1v) is 13.2. The fraction of sp³-hybridized carbons (Fsp3) is 0.258. The van der Waals surface area contributed by atoms with Crippen molar-refractivity contribution >= 4 is 39.9 Å². The molecule has 1 aliphatic heterocycles. The molecule has 40 heavy (non-hydrogen) atoms. The van der Waals surface area contributed by atoms with Crippen molar-refractivity contribution in [2.75, 3.05) is 51.7 Å². The highest BCUT2D eigenvalue weighted by molar-refractivity contribution is 6.22. The van der Waals surface area contributed by atoms with E-state index in [1.807, 2.05) is 54.6 Å². The van der Waals surface area contributed by atoms with Gasteiger partial charge < -0.3 is 24.6 Å². The molecule has 1 aliphatic rings. The second kappa shape index (κ2) is 11.7. The van der Waals surface area contributed by atoms with Crippen LogP contribution in [-0.2, 0) is 9.59 Å². The van der Waals surface area contributed by atoms with E-state index < -0.39 is 5.97 Å². The summed E-state index contributed by atoms with van der Waals surface area (Å²) in [7, 11) is 3.88. The SMILES string of the molecule is CC(=O)Oc1ccc2[nH]c(O)c(C(=Nc3ccc(N(C)C(=O)CN4CCN(C)CC4)cc3)c3ccccc3)c2c1. The van der Waals surface area contributed by atoms with Gasteiger partial charge in [0.1, 0.15) is 5.75 Å². The van der Waals surface area contributed by atoms with Crippen LogP contribution in [0.25, 0.3) is 10.9 Å². The van der Waals surface area contributed by atoms with Crippen molar-refractivity contribution in [1.82, 2.24) is 14.8 Å². The number of aromatic hydroxyl groups is 1. The van der Waals surface area contributed by atoms with Gasteiger partial charge >= 0.3 is 5.97 Å². The number of amides is 1. The Kier molecular flexibility index (Phi) is 7.95. The number of H-pyrrole nitrogens is 1. The van der Waals surface area contributed by atoms with Crippen molar-refractivity contribution < 1.29 is 19.4 Å². The maximum Gasteiger partial charge on any atom is 0.308 e. The van der Waals surface area contributed by atoms with Crippen LogP contribution in [0, 0.1) is 0 Å². The van der Waals surface area contributed by atoms with E-state index in [9.17, 15) is 14.7 Å². The number of ether oxygens (including phenoxy) is 1. The number of nitrogens with one attached hydrogen (secondary N) is 1. The highest BCUT2D eigenvalue weighted by Gasteiger charge is 2.21. The monoisotopic (exact) mass is 539 g/mol. The Labute approximate surface area is 233 Å². The summed E-state index contributed by atoms with van der Waals surface area (Å²) in [6, 6.07) is 22.2. The Bertz CT molecular complexity index is 1540. The number of hydrogen-bond donors (Lipinski definition) is 2. The molecule has 0 unspecified atom stereocenters. The van der Waals surface area contributed by atoms with Crippen LogP contribution in [-0.4, -0.2) is 84.3 Å². The summed E-state index contributed by atoms with van der Waals surface area (Å²) in [6.07, 6.45) is 0. The summed E-state index contributed by atoms with van der Waals surface area (Å²) in [5, 5.41) is 11.6. The minimum atomic E-state index is -0.426. The number of carbonyl (C=O) groups is 2. The quantitative estimate of drug-likeness (QED) is 0.208. The van der Waals surface area contributed by atoms with E-state index in [1.54, 1.807) is 30.1 Å². The highest BCUT2D eigenvalue weighted by atomic mass is 16.5. The van der Waals surface area contributed by atoms with Crippen LogP contribution in [0.5, 0.6) is 11.6 Å². The molecule has 2 N–H and O–H groups in total. The van der Waals surface area contributed by atoms with E-state index in [4.69, 9.17) is 9.73 Å². The van der Waals surface area contributed by atoms with Crippen LogP contribution in [0.2, 0.25) is 0 Å². The van der Waals surface area contributed by atoms with Crippen LogP contribution >= 0.6 is 0 Å².